The number of pyridine rings is 1. The Balaban J connectivity index is 0.000000391. The Bertz CT molecular complexity index is 1060. The molecular formula is C27H32F2N2O5. The van der Waals surface area contributed by atoms with Crippen LogP contribution >= 0.6 is 0 Å². The summed E-state index contributed by atoms with van der Waals surface area (Å²) in [5, 5.41) is 9.27. The third kappa shape index (κ3) is 8.65. The van der Waals surface area contributed by atoms with Crippen LogP contribution in [-0.2, 0) is 9.53 Å². The fraction of sp³-hybridized carbons (Fsp3) is 0.296. The van der Waals surface area contributed by atoms with Crippen LogP contribution in [0.3, 0.4) is 0 Å². The number of esters is 1. The average Bonchev–Trinajstić information content (AvgIpc) is 2.88. The molecule has 1 amide bonds. The van der Waals surface area contributed by atoms with E-state index in [4.69, 9.17) is 15.2 Å². The lowest BCUT2D eigenvalue weighted by Gasteiger charge is -2.25. The topological polar surface area (TPSA) is 112 Å². The standard InChI is InChI=1S/C18H18F2O2.C7H8N2O3.C2H6/c1-3-17(21)22-12(2)18(13-4-8-15(19)9-5-13)14-6-10-16(20)11-7-14;1-12-4-2-3-9-5(6(4)10)7(8)11;1-2/h4-12,18H,3H2,1-2H3;2-3,10H,1H3,(H2,8,11);1-2H3. The van der Waals surface area contributed by atoms with Crippen molar-refractivity contribution in [2.45, 2.75) is 46.1 Å². The van der Waals surface area contributed by atoms with Crippen molar-refractivity contribution in [3.8, 4) is 11.5 Å². The highest BCUT2D eigenvalue weighted by atomic mass is 19.1. The van der Waals surface area contributed by atoms with Crippen molar-refractivity contribution in [1.82, 2.24) is 4.98 Å². The van der Waals surface area contributed by atoms with Gasteiger partial charge in [-0.2, -0.15) is 0 Å². The Morgan fingerprint density at radius 2 is 1.44 bits per heavy atom. The Labute approximate surface area is 209 Å². The number of hydrogen-bond acceptors (Lipinski definition) is 6. The zero-order valence-corrected chi connectivity index (χ0v) is 21.0. The SMILES string of the molecule is CC.CCC(=O)OC(C)C(c1ccc(F)cc1)c1ccc(F)cc1.COc1ccnc(C(N)=O)c1O. The lowest BCUT2D eigenvalue weighted by molar-refractivity contribution is -0.148. The van der Waals surface area contributed by atoms with Gasteiger partial charge in [-0.1, -0.05) is 45.0 Å². The van der Waals surface area contributed by atoms with Crippen LogP contribution < -0.4 is 10.5 Å². The Kier molecular flexibility index (Phi) is 12.6. The smallest absolute Gasteiger partial charge is 0.305 e. The molecule has 7 nitrogen and oxygen atoms in total. The molecule has 1 atom stereocenters. The normalized spacial score (nSPS) is 10.8. The van der Waals surface area contributed by atoms with Crippen molar-refractivity contribution < 1.29 is 33.0 Å². The molecule has 3 aromatic rings. The first kappa shape index (κ1) is 30.0. The molecule has 0 bridgehead atoms. The van der Waals surface area contributed by atoms with Crippen molar-refractivity contribution in [3.63, 3.8) is 0 Å². The van der Waals surface area contributed by atoms with Crippen molar-refractivity contribution >= 4 is 11.9 Å². The summed E-state index contributed by atoms with van der Waals surface area (Å²) in [5.41, 5.74) is 6.35. The second-order valence-electron chi connectivity index (χ2n) is 7.20. The summed E-state index contributed by atoms with van der Waals surface area (Å²) in [6, 6.07) is 13.5. The summed E-state index contributed by atoms with van der Waals surface area (Å²) in [5.74, 6) is -2.18. The van der Waals surface area contributed by atoms with Crippen LogP contribution in [0, 0.1) is 11.6 Å². The molecule has 0 fully saturated rings. The van der Waals surface area contributed by atoms with E-state index in [9.17, 15) is 23.5 Å². The third-order valence-corrected chi connectivity index (χ3v) is 4.87. The molecule has 3 rings (SSSR count). The van der Waals surface area contributed by atoms with E-state index in [1.165, 1.54) is 43.6 Å². The summed E-state index contributed by atoms with van der Waals surface area (Å²) < 4.78 is 36.4. The summed E-state index contributed by atoms with van der Waals surface area (Å²) >= 11 is 0. The maximum Gasteiger partial charge on any atom is 0.305 e. The number of primary amides is 1. The van der Waals surface area contributed by atoms with E-state index < -0.39 is 12.0 Å². The van der Waals surface area contributed by atoms with Crippen LogP contribution in [0.25, 0.3) is 0 Å². The van der Waals surface area contributed by atoms with Gasteiger partial charge in [-0.15, -0.1) is 0 Å². The number of amides is 1. The van der Waals surface area contributed by atoms with Crippen LogP contribution in [-0.4, -0.2) is 35.2 Å². The molecule has 36 heavy (non-hydrogen) atoms. The molecule has 0 spiro atoms. The largest absolute Gasteiger partial charge is 0.503 e. The average molecular weight is 503 g/mol. The van der Waals surface area contributed by atoms with Gasteiger partial charge < -0.3 is 20.3 Å². The molecule has 2 aromatic carbocycles. The monoisotopic (exact) mass is 502 g/mol. The zero-order valence-electron chi connectivity index (χ0n) is 21.0. The predicted molar refractivity (Wildman–Crippen MR) is 133 cm³/mol. The number of nitrogens with zero attached hydrogens (tertiary/aromatic N) is 1. The van der Waals surface area contributed by atoms with Crippen molar-refractivity contribution in [1.29, 1.82) is 0 Å². The molecule has 0 aliphatic carbocycles. The Morgan fingerprint density at radius 1 is 0.972 bits per heavy atom. The van der Waals surface area contributed by atoms with Gasteiger partial charge in [0.05, 0.1) is 7.11 Å². The highest BCUT2D eigenvalue weighted by Crippen LogP contribution is 2.30. The van der Waals surface area contributed by atoms with Gasteiger partial charge in [0, 0.05) is 24.6 Å². The number of ether oxygens (including phenoxy) is 2. The van der Waals surface area contributed by atoms with Gasteiger partial charge in [0.2, 0.25) is 0 Å². The van der Waals surface area contributed by atoms with E-state index in [0.717, 1.165) is 11.1 Å². The number of nitrogens with two attached hydrogens (primary N) is 1. The molecule has 9 heteroatoms. The lowest BCUT2D eigenvalue weighted by atomic mass is 9.87. The van der Waals surface area contributed by atoms with Crippen molar-refractivity contribution in [3.05, 3.63) is 89.2 Å². The quantitative estimate of drug-likeness (QED) is 0.421. The van der Waals surface area contributed by atoms with Crippen LogP contribution in [0.4, 0.5) is 8.78 Å². The first-order chi connectivity index (χ1) is 17.2. The minimum absolute atomic E-state index is 0.179. The van der Waals surface area contributed by atoms with Gasteiger partial charge >= 0.3 is 5.97 Å². The van der Waals surface area contributed by atoms with E-state index in [2.05, 4.69) is 4.98 Å². The van der Waals surface area contributed by atoms with Crippen molar-refractivity contribution in [2.24, 2.45) is 5.73 Å². The van der Waals surface area contributed by atoms with Gasteiger partial charge in [-0.05, 0) is 42.3 Å². The molecule has 1 heterocycles. The van der Waals surface area contributed by atoms with Crippen molar-refractivity contribution in [2.75, 3.05) is 7.11 Å². The Hall–Kier alpha value is -4.01. The number of aromatic nitrogens is 1. The van der Waals surface area contributed by atoms with E-state index in [0.29, 0.717) is 0 Å². The third-order valence-electron chi connectivity index (χ3n) is 4.87. The number of carbonyl (C=O) groups excluding carboxylic acids is 2. The number of carbonyl (C=O) groups is 2. The molecule has 194 valence electrons. The molecule has 0 aliphatic heterocycles. The molecule has 1 aromatic heterocycles. The number of aromatic hydroxyl groups is 1. The predicted octanol–water partition coefficient (Wildman–Crippen LogP) is 5.36. The van der Waals surface area contributed by atoms with Crippen LogP contribution in [0.2, 0.25) is 0 Å². The molecule has 0 saturated heterocycles. The number of methoxy groups -OCH3 is 1. The van der Waals surface area contributed by atoms with E-state index in [1.54, 1.807) is 38.1 Å². The van der Waals surface area contributed by atoms with E-state index in [-0.39, 0.29) is 47.1 Å². The minimum atomic E-state index is -0.786. The van der Waals surface area contributed by atoms with Crippen LogP contribution in [0.5, 0.6) is 11.5 Å². The second kappa shape index (κ2) is 15.1. The number of rotatable bonds is 7. The van der Waals surface area contributed by atoms with Crippen LogP contribution in [0.15, 0.2) is 60.8 Å². The summed E-state index contributed by atoms with van der Waals surface area (Å²) in [6.07, 6.45) is 1.17. The number of hydrogen-bond donors (Lipinski definition) is 2. The van der Waals surface area contributed by atoms with Gasteiger partial charge in [0.25, 0.3) is 5.91 Å². The van der Waals surface area contributed by atoms with Gasteiger partial charge in [0.1, 0.15) is 17.7 Å². The zero-order chi connectivity index (χ0) is 27.3. The van der Waals surface area contributed by atoms with Gasteiger partial charge in [-0.25, -0.2) is 13.8 Å². The number of halogens is 2. The van der Waals surface area contributed by atoms with Gasteiger partial charge in [-0.3, -0.25) is 9.59 Å². The fourth-order valence-corrected chi connectivity index (χ4v) is 3.21. The summed E-state index contributed by atoms with van der Waals surface area (Å²) in [7, 11) is 1.37. The van der Waals surface area contributed by atoms with Gasteiger partial charge in [0.15, 0.2) is 17.2 Å². The fourth-order valence-electron chi connectivity index (χ4n) is 3.21. The molecule has 0 aliphatic rings. The highest BCUT2D eigenvalue weighted by molar-refractivity contribution is 5.94. The first-order valence-electron chi connectivity index (χ1n) is 11.4. The summed E-state index contributed by atoms with van der Waals surface area (Å²) in [4.78, 5) is 25.8. The molecular weight excluding hydrogens is 470 g/mol. The van der Waals surface area contributed by atoms with E-state index in [1.807, 2.05) is 13.8 Å². The Morgan fingerprint density at radius 3 is 1.83 bits per heavy atom. The van der Waals surface area contributed by atoms with E-state index >= 15 is 0 Å². The maximum atomic E-state index is 13.1. The minimum Gasteiger partial charge on any atom is -0.503 e. The molecule has 0 saturated carbocycles. The molecule has 0 radical (unpaired) electrons. The lowest BCUT2D eigenvalue weighted by Crippen LogP contribution is -2.23. The van der Waals surface area contributed by atoms with Crippen LogP contribution in [0.1, 0.15) is 61.6 Å². The highest BCUT2D eigenvalue weighted by Gasteiger charge is 2.24. The molecule has 1 unspecified atom stereocenters. The number of benzene rings is 2. The second-order valence-corrected chi connectivity index (χ2v) is 7.20. The summed E-state index contributed by atoms with van der Waals surface area (Å²) in [6.45, 7) is 7.50. The maximum absolute atomic E-state index is 13.1. The molecule has 3 N–H and O–H groups in total. The first-order valence-corrected chi connectivity index (χ1v) is 11.4.